The molecule has 0 aliphatic carbocycles. The van der Waals surface area contributed by atoms with Crippen molar-refractivity contribution in [3.63, 3.8) is 0 Å². The molecular weight excluding hydrogens is 376 g/mol. The molecule has 1 saturated heterocycles. The Morgan fingerprint density at radius 1 is 1.17 bits per heavy atom. The summed E-state index contributed by atoms with van der Waals surface area (Å²) in [5.74, 6) is 1.10. The molecule has 0 unspecified atom stereocenters. The van der Waals surface area contributed by atoms with Gasteiger partial charge in [0.1, 0.15) is 5.75 Å². The molecule has 30 heavy (non-hydrogen) atoms. The number of likely N-dealkylation sites (N-methyl/N-ethyl adjacent to an activating group) is 1. The maximum Gasteiger partial charge on any atom is 0.226 e. The van der Waals surface area contributed by atoms with Crippen LogP contribution in [0.4, 0.5) is 0 Å². The van der Waals surface area contributed by atoms with Gasteiger partial charge in [0.2, 0.25) is 5.91 Å². The highest BCUT2D eigenvalue weighted by Crippen LogP contribution is 2.45. The highest BCUT2D eigenvalue weighted by atomic mass is 16.5. The van der Waals surface area contributed by atoms with E-state index in [2.05, 4.69) is 34.0 Å². The zero-order valence-corrected chi connectivity index (χ0v) is 17.6. The molecule has 1 aromatic carbocycles. The van der Waals surface area contributed by atoms with Crippen molar-refractivity contribution >= 4 is 16.8 Å². The van der Waals surface area contributed by atoms with Crippen molar-refractivity contribution in [3.8, 4) is 5.75 Å². The Balaban J connectivity index is 1.40. The van der Waals surface area contributed by atoms with Gasteiger partial charge in [-0.25, -0.2) is 0 Å². The Kier molecular flexibility index (Phi) is 4.74. The van der Waals surface area contributed by atoms with Gasteiger partial charge in [-0.15, -0.1) is 0 Å². The number of piperidine rings is 1. The van der Waals surface area contributed by atoms with E-state index in [0.717, 1.165) is 50.2 Å². The fourth-order valence-corrected chi connectivity index (χ4v) is 5.24. The number of hydrogen-bond acceptors (Lipinski definition) is 4. The monoisotopic (exact) mass is 404 g/mol. The minimum absolute atomic E-state index is 0.0344. The summed E-state index contributed by atoms with van der Waals surface area (Å²) in [6.07, 6.45) is 6.87. The number of pyridine rings is 1. The van der Waals surface area contributed by atoms with E-state index in [1.807, 2.05) is 23.1 Å². The molecule has 1 N–H and O–H groups in total. The SMILES string of the molecule is COc1ccc2[nH]c3c(c2c1)CCN(C)C31CCN(C(=O)Cc2ccncc2)CC1. The van der Waals surface area contributed by atoms with E-state index in [0.29, 0.717) is 6.42 Å². The second kappa shape index (κ2) is 7.43. The Hall–Kier alpha value is -2.86. The molecule has 6 heteroatoms. The molecule has 4 heterocycles. The number of methoxy groups -OCH3 is 1. The maximum absolute atomic E-state index is 12.8. The van der Waals surface area contributed by atoms with Gasteiger partial charge in [-0.05, 0) is 67.8 Å². The fraction of sp³-hybridized carbons (Fsp3) is 0.417. The van der Waals surface area contributed by atoms with Gasteiger partial charge in [0.05, 0.1) is 19.1 Å². The highest BCUT2D eigenvalue weighted by molar-refractivity contribution is 5.87. The first-order valence-electron chi connectivity index (χ1n) is 10.7. The summed E-state index contributed by atoms with van der Waals surface area (Å²) in [6.45, 7) is 2.60. The number of benzene rings is 1. The predicted octanol–water partition coefficient (Wildman–Crippen LogP) is 3.12. The lowest BCUT2D eigenvalue weighted by atomic mass is 9.78. The quantitative estimate of drug-likeness (QED) is 0.729. The lowest BCUT2D eigenvalue weighted by Crippen LogP contribution is -2.55. The molecule has 156 valence electrons. The number of ether oxygens (including phenoxy) is 1. The summed E-state index contributed by atoms with van der Waals surface area (Å²) in [7, 11) is 3.94. The Bertz CT molecular complexity index is 1070. The molecule has 2 aliphatic heterocycles. The zero-order valence-electron chi connectivity index (χ0n) is 17.6. The van der Waals surface area contributed by atoms with E-state index >= 15 is 0 Å². The van der Waals surface area contributed by atoms with Crippen LogP contribution < -0.4 is 4.74 Å². The van der Waals surface area contributed by atoms with Crippen LogP contribution in [0.5, 0.6) is 5.75 Å². The minimum Gasteiger partial charge on any atom is -0.497 e. The van der Waals surface area contributed by atoms with Crippen molar-refractivity contribution in [2.75, 3.05) is 33.8 Å². The largest absolute Gasteiger partial charge is 0.497 e. The lowest BCUT2D eigenvalue weighted by molar-refractivity contribution is -0.133. The normalized spacial score (nSPS) is 18.5. The number of carbonyl (C=O) groups is 1. The predicted molar refractivity (Wildman–Crippen MR) is 117 cm³/mol. The molecule has 0 radical (unpaired) electrons. The van der Waals surface area contributed by atoms with Crippen LogP contribution in [-0.2, 0) is 23.2 Å². The fourth-order valence-electron chi connectivity index (χ4n) is 5.24. The van der Waals surface area contributed by atoms with Crippen molar-refractivity contribution < 1.29 is 9.53 Å². The van der Waals surface area contributed by atoms with Crippen LogP contribution in [0.2, 0.25) is 0 Å². The van der Waals surface area contributed by atoms with E-state index in [4.69, 9.17) is 4.74 Å². The third-order valence-electron chi connectivity index (χ3n) is 7.05. The van der Waals surface area contributed by atoms with Crippen molar-refractivity contribution in [3.05, 3.63) is 59.5 Å². The van der Waals surface area contributed by atoms with Gasteiger partial charge in [-0.2, -0.15) is 0 Å². The molecule has 1 fully saturated rings. The van der Waals surface area contributed by atoms with Crippen LogP contribution in [0.25, 0.3) is 10.9 Å². The number of H-pyrrole nitrogens is 1. The second-order valence-electron chi connectivity index (χ2n) is 8.51. The number of fused-ring (bicyclic) bond motifs is 4. The Morgan fingerprint density at radius 2 is 1.93 bits per heavy atom. The molecule has 0 saturated carbocycles. The number of likely N-dealkylation sites (tertiary alicyclic amines) is 1. The van der Waals surface area contributed by atoms with E-state index in [1.165, 1.54) is 22.2 Å². The average molecular weight is 405 g/mol. The zero-order chi connectivity index (χ0) is 20.7. The van der Waals surface area contributed by atoms with E-state index in [9.17, 15) is 4.79 Å². The Labute approximate surface area is 176 Å². The lowest BCUT2D eigenvalue weighted by Gasteiger charge is -2.50. The first-order valence-corrected chi connectivity index (χ1v) is 10.7. The third kappa shape index (κ3) is 3.06. The topological polar surface area (TPSA) is 61.5 Å². The van der Waals surface area contributed by atoms with Crippen molar-refractivity contribution in [2.45, 2.75) is 31.2 Å². The van der Waals surface area contributed by atoms with Crippen LogP contribution in [-0.4, -0.2) is 59.5 Å². The summed E-state index contributed by atoms with van der Waals surface area (Å²) in [5.41, 5.74) is 4.91. The molecule has 6 nitrogen and oxygen atoms in total. The summed E-state index contributed by atoms with van der Waals surface area (Å²) < 4.78 is 5.46. The summed E-state index contributed by atoms with van der Waals surface area (Å²) in [5, 5.41) is 1.27. The van der Waals surface area contributed by atoms with Gasteiger partial charge < -0.3 is 14.6 Å². The van der Waals surface area contributed by atoms with Gasteiger partial charge in [0.15, 0.2) is 0 Å². The first kappa shape index (κ1) is 19.1. The van der Waals surface area contributed by atoms with Crippen molar-refractivity contribution in [2.24, 2.45) is 0 Å². The van der Waals surface area contributed by atoms with Crippen LogP contribution in [0.15, 0.2) is 42.7 Å². The number of nitrogens with one attached hydrogen (secondary N) is 1. The van der Waals surface area contributed by atoms with Crippen LogP contribution >= 0.6 is 0 Å². The summed E-state index contributed by atoms with van der Waals surface area (Å²) >= 11 is 0. The molecule has 1 amide bonds. The Morgan fingerprint density at radius 3 is 2.67 bits per heavy atom. The van der Waals surface area contributed by atoms with E-state index < -0.39 is 0 Å². The number of nitrogens with zero attached hydrogens (tertiary/aromatic N) is 3. The number of hydrogen-bond donors (Lipinski definition) is 1. The van der Waals surface area contributed by atoms with Crippen molar-refractivity contribution in [1.29, 1.82) is 0 Å². The van der Waals surface area contributed by atoms with Gasteiger partial charge in [-0.1, -0.05) is 0 Å². The maximum atomic E-state index is 12.8. The van der Waals surface area contributed by atoms with Crippen LogP contribution in [0, 0.1) is 0 Å². The summed E-state index contributed by atoms with van der Waals surface area (Å²) in [4.78, 5) is 25.1. The molecule has 0 bridgehead atoms. The van der Waals surface area contributed by atoms with Gasteiger partial charge >= 0.3 is 0 Å². The molecular formula is C24H28N4O2. The second-order valence-corrected chi connectivity index (χ2v) is 8.51. The standard InChI is InChI=1S/C24H28N4O2/c1-27-12-7-19-20-16-18(30-2)3-4-21(20)26-23(19)24(27)8-13-28(14-9-24)22(29)15-17-5-10-25-11-6-17/h3-6,10-11,16,26H,7-9,12-15H2,1-2H3. The molecule has 2 aromatic heterocycles. The molecule has 3 aromatic rings. The molecule has 2 aliphatic rings. The van der Waals surface area contributed by atoms with Crippen LogP contribution in [0.3, 0.4) is 0 Å². The molecule has 5 rings (SSSR count). The smallest absolute Gasteiger partial charge is 0.226 e. The van der Waals surface area contributed by atoms with Crippen LogP contribution in [0.1, 0.15) is 29.7 Å². The number of aromatic nitrogens is 2. The minimum atomic E-state index is -0.0344. The summed E-state index contributed by atoms with van der Waals surface area (Å²) in [6, 6.07) is 10.1. The van der Waals surface area contributed by atoms with E-state index in [1.54, 1.807) is 19.5 Å². The van der Waals surface area contributed by atoms with Gasteiger partial charge in [0, 0.05) is 48.6 Å². The third-order valence-corrected chi connectivity index (χ3v) is 7.05. The number of amides is 1. The highest BCUT2D eigenvalue weighted by Gasteiger charge is 2.45. The number of rotatable bonds is 3. The van der Waals surface area contributed by atoms with E-state index in [-0.39, 0.29) is 11.4 Å². The van der Waals surface area contributed by atoms with Gasteiger partial charge in [0.25, 0.3) is 0 Å². The number of carbonyl (C=O) groups excluding carboxylic acids is 1. The number of aromatic amines is 1. The first-order chi connectivity index (χ1) is 14.6. The average Bonchev–Trinajstić information content (AvgIpc) is 3.16. The van der Waals surface area contributed by atoms with Gasteiger partial charge in [-0.3, -0.25) is 14.7 Å². The van der Waals surface area contributed by atoms with Crippen molar-refractivity contribution in [1.82, 2.24) is 19.8 Å². The molecule has 1 spiro atoms. The molecule has 0 atom stereocenters.